The Morgan fingerprint density at radius 2 is 1.50 bits per heavy atom. The fraction of sp³-hybridized carbons (Fsp3) is 0. The van der Waals surface area contributed by atoms with Gasteiger partial charge in [0, 0.05) is 5.56 Å². The molecular weight excluding hydrogens is 274 g/mol. The van der Waals surface area contributed by atoms with E-state index in [1.165, 1.54) is 4.80 Å². The topological polar surface area (TPSA) is 47.8 Å². The summed E-state index contributed by atoms with van der Waals surface area (Å²) >= 11 is 6.09. The van der Waals surface area contributed by atoms with E-state index in [0.717, 1.165) is 0 Å². The molecule has 20 heavy (non-hydrogen) atoms. The highest BCUT2D eigenvalue weighted by molar-refractivity contribution is 6.35. The van der Waals surface area contributed by atoms with Crippen LogP contribution in [0.2, 0.25) is 5.02 Å². The van der Waals surface area contributed by atoms with E-state index in [2.05, 4.69) is 10.2 Å². The highest BCUT2D eigenvalue weighted by Crippen LogP contribution is 2.22. The molecule has 5 heteroatoms. The van der Waals surface area contributed by atoms with Crippen molar-refractivity contribution in [1.29, 1.82) is 0 Å². The van der Waals surface area contributed by atoms with Crippen molar-refractivity contribution in [2.24, 2.45) is 0 Å². The van der Waals surface area contributed by atoms with Crippen molar-refractivity contribution in [2.75, 3.05) is 0 Å². The van der Waals surface area contributed by atoms with Crippen LogP contribution in [-0.4, -0.2) is 20.8 Å². The molecule has 0 N–H and O–H groups in total. The first-order valence-electron chi connectivity index (χ1n) is 6.02. The van der Waals surface area contributed by atoms with E-state index in [0.29, 0.717) is 21.8 Å². The number of aromatic nitrogens is 3. The summed E-state index contributed by atoms with van der Waals surface area (Å²) in [6.07, 6.45) is 3.13. The van der Waals surface area contributed by atoms with Gasteiger partial charge in [0.2, 0.25) is 0 Å². The third-order valence-corrected chi connectivity index (χ3v) is 3.23. The van der Waals surface area contributed by atoms with Gasteiger partial charge in [-0.2, -0.15) is 15.0 Å². The summed E-state index contributed by atoms with van der Waals surface area (Å²) < 4.78 is 0. The molecule has 1 aromatic heterocycles. The maximum absolute atomic E-state index is 12.6. The Hall–Kier alpha value is -2.46. The lowest BCUT2D eigenvalue weighted by Gasteiger charge is -2.08. The lowest BCUT2D eigenvalue weighted by molar-refractivity contribution is 0.103. The Balaban J connectivity index is 2.12. The SMILES string of the molecule is O=C(c1ccccc1Cl)c1ccccc1-n1nccn1. The third kappa shape index (κ3) is 2.21. The first kappa shape index (κ1) is 12.6. The van der Waals surface area contributed by atoms with Crippen LogP contribution >= 0.6 is 11.6 Å². The molecule has 0 saturated heterocycles. The molecular formula is C15H10ClN3O. The normalized spacial score (nSPS) is 10.4. The molecule has 0 fully saturated rings. The van der Waals surface area contributed by atoms with Gasteiger partial charge in [-0.3, -0.25) is 4.79 Å². The van der Waals surface area contributed by atoms with Crippen LogP contribution in [0.4, 0.5) is 0 Å². The zero-order valence-electron chi connectivity index (χ0n) is 10.4. The largest absolute Gasteiger partial charge is 0.288 e. The van der Waals surface area contributed by atoms with Crippen molar-refractivity contribution < 1.29 is 4.79 Å². The highest BCUT2D eigenvalue weighted by Gasteiger charge is 2.17. The first-order valence-corrected chi connectivity index (χ1v) is 6.40. The van der Waals surface area contributed by atoms with Crippen molar-refractivity contribution >= 4 is 17.4 Å². The van der Waals surface area contributed by atoms with Crippen LogP contribution in [0.1, 0.15) is 15.9 Å². The second-order valence-corrected chi connectivity index (χ2v) is 4.55. The van der Waals surface area contributed by atoms with Crippen LogP contribution < -0.4 is 0 Å². The minimum absolute atomic E-state index is 0.150. The number of ketones is 1. The minimum Gasteiger partial charge on any atom is -0.288 e. The molecule has 0 unspecified atom stereocenters. The second-order valence-electron chi connectivity index (χ2n) is 4.14. The van der Waals surface area contributed by atoms with Crippen molar-refractivity contribution in [3.8, 4) is 5.69 Å². The quantitative estimate of drug-likeness (QED) is 0.694. The molecule has 0 aliphatic heterocycles. The van der Waals surface area contributed by atoms with E-state index in [1.807, 2.05) is 6.07 Å². The Labute approximate surface area is 120 Å². The fourth-order valence-corrected chi connectivity index (χ4v) is 2.19. The van der Waals surface area contributed by atoms with Crippen LogP contribution in [0.25, 0.3) is 5.69 Å². The van der Waals surface area contributed by atoms with Crippen LogP contribution in [0.3, 0.4) is 0 Å². The third-order valence-electron chi connectivity index (χ3n) is 2.90. The number of hydrogen-bond acceptors (Lipinski definition) is 3. The van der Waals surface area contributed by atoms with Gasteiger partial charge >= 0.3 is 0 Å². The van der Waals surface area contributed by atoms with Gasteiger partial charge in [-0.1, -0.05) is 35.9 Å². The maximum atomic E-state index is 12.6. The van der Waals surface area contributed by atoms with E-state index in [1.54, 1.807) is 54.9 Å². The maximum Gasteiger partial charge on any atom is 0.196 e. The number of benzene rings is 2. The van der Waals surface area contributed by atoms with Gasteiger partial charge in [0.25, 0.3) is 0 Å². The molecule has 2 aromatic carbocycles. The van der Waals surface area contributed by atoms with Crippen LogP contribution in [0.5, 0.6) is 0 Å². The predicted molar refractivity (Wildman–Crippen MR) is 76.2 cm³/mol. The lowest BCUT2D eigenvalue weighted by atomic mass is 10.0. The number of nitrogens with zero attached hydrogens (tertiary/aromatic N) is 3. The van der Waals surface area contributed by atoms with Gasteiger partial charge < -0.3 is 0 Å². The molecule has 98 valence electrons. The standard InChI is InChI=1S/C15H10ClN3O/c16-13-7-3-1-5-11(13)15(20)12-6-2-4-8-14(12)19-17-9-10-18-19/h1-10H. The highest BCUT2D eigenvalue weighted by atomic mass is 35.5. The molecule has 4 nitrogen and oxygen atoms in total. The molecule has 0 aliphatic rings. The van der Waals surface area contributed by atoms with Gasteiger partial charge in [-0.15, -0.1) is 0 Å². The summed E-state index contributed by atoms with van der Waals surface area (Å²) in [4.78, 5) is 14.1. The van der Waals surface area contributed by atoms with Gasteiger partial charge in [0.15, 0.2) is 5.78 Å². The van der Waals surface area contributed by atoms with Gasteiger partial charge in [-0.05, 0) is 24.3 Å². The first-order chi connectivity index (χ1) is 9.77. The van der Waals surface area contributed by atoms with E-state index in [9.17, 15) is 4.79 Å². The molecule has 0 atom stereocenters. The number of carbonyl (C=O) groups is 1. The molecule has 0 aliphatic carbocycles. The predicted octanol–water partition coefficient (Wildman–Crippen LogP) is 3.15. The smallest absolute Gasteiger partial charge is 0.196 e. The van der Waals surface area contributed by atoms with Gasteiger partial charge in [-0.25, -0.2) is 0 Å². The van der Waals surface area contributed by atoms with E-state index < -0.39 is 0 Å². The molecule has 1 heterocycles. The van der Waals surface area contributed by atoms with E-state index in [-0.39, 0.29) is 5.78 Å². The fourth-order valence-electron chi connectivity index (χ4n) is 1.97. The van der Waals surface area contributed by atoms with Crippen LogP contribution in [0.15, 0.2) is 60.9 Å². The molecule has 0 amide bonds. The van der Waals surface area contributed by atoms with Crippen molar-refractivity contribution in [3.63, 3.8) is 0 Å². The Bertz CT molecular complexity index is 753. The second kappa shape index (κ2) is 5.27. The zero-order valence-corrected chi connectivity index (χ0v) is 11.2. The molecule has 0 spiro atoms. The summed E-state index contributed by atoms with van der Waals surface area (Å²) in [6, 6.07) is 14.2. The lowest BCUT2D eigenvalue weighted by Crippen LogP contribution is -2.09. The average Bonchev–Trinajstić information content (AvgIpc) is 3.01. The Kier molecular flexibility index (Phi) is 3.31. The summed E-state index contributed by atoms with van der Waals surface area (Å²) in [5.41, 5.74) is 1.60. The zero-order chi connectivity index (χ0) is 13.9. The average molecular weight is 284 g/mol. The van der Waals surface area contributed by atoms with E-state index in [4.69, 9.17) is 11.6 Å². The number of carbonyl (C=O) groups excluding carboxylic acids is 1. The molecule has 0 radical (unpaired) electrons. The molecule has 0 bridgehead atoms. The van der Waals surface area contributed by atoms with Crippen molar-refractivity contribution in [2.45, 2.75) is 0 Å². The molecule has 3 aromatic rings. The van der Waals surface area contributed by atoms with Crippen LogP contribution in [-0.2, 0) is 0 Å². The molecule has 3 rings (SSSR count). The number of halogens is 1. The summed E-state index contributed by atoms with van der Waals surface area (Å²) in [6.45, 7) is 0. The van der Waals surface area contributed by atoms with E-state index >= 15 is 0 Å². The van der Waals surface area contributed by atoms with Gasteiger partial charge in [0.1, 0.15) is 0 Å². The van der Waals surface area contributed by atoms with Crippen LogP contribution in [0, 0.1) is 0 Å². The van der Waals surface area contributed by atoms with Crippen molar-refractivity contribution in [3.05, 3.63) is 77.1 Å². The Morgan fingerprint density at radius 3 is 2.20 bits per heavy atom. The summed E-state index contributed by atoms with van der Waals surface area (Å²) in [5.74, 6) is -0.150. The van der Waals surface area contributed by atoms with Gasteiger partial charge in [0.05, 0.1) is 28.7 Å². The monoisotopic (exact) mass is 283 g/mol. The summed E-state index contributed by atoms with van der Waals surface area (Å²) in [5, 5.41) is 8.56. The number of hydrogen-bond donors (Lipinski definition) is 0. The minimum atomic E-state index is -0.150. The molecule has 0 saturated carbocycles. The summed E-state index contributed by atoms with van der Waals surface area (Å²) in [7, 11) is 0. The van der Waals surface area contributed by atoms with Crippen molar-refractivity contribution in [1.82, 2.24) is 15.0 Å². The Morgan fingerprint density at radius 1 is 0.900 bits per heavy atom. The number of para-hydroxylation sites is 1. The number of rotatable bonds is 3.